The molecule has 0 N–H and O–H groups in total. The van der Waals surface area contributed by atoms with Crippen molar-refractivity contribution in [1.82, 2.24) is 24.6 Å². The Morgan fingerprint density at radius 1 is 1.00 bits per heavy atom. The van der Waals surface area contributed by atoms with E-state index in [-0.39, 0.29) is 10.5 Å². The van der Waals surface area contributed by atoms with Gasteiger partial charge in [0.15, 0.2) is 0 Å². The highest BCUT2D eigenvalue weighted by molar-refractivity contribution is 7.89. The van der Waals surface area contributed by atoms with Crippen LogP contribution >= 0.6 is 0 Å². The van der Waals surface area contributed by atoms with Gasteiger partial charge in [-0.1, -0.05) is 47.6 Å². The van der Waals surface area contributed by atoms with Crippen molar-refractivity contribution in [2.24, 2.45) is 0 Å². The van der Waals surface area contributed by atoms with Gasteiger partial charge in [0.05, 0.1) is 17.0 Å². The van der Waals surface area contributed by atoms with Gasteiger partial charge < -0.3 is 8.94 Å². The van der Waals surface area contributed by atoms with Crippen LogP contribution in [0.2, 0.25) is 0 Å². The Hall–Kier alpha value is -3.85. The third kappa shape index (κ3) is 4.46. The number of nitrogens with zero attached hydrogens (tertiary/aromatic N) is 6. The Labute approximate surface area is 202 Å². The number of nitriles is 1. The number of aromatic nitrogens is 3. The molecule has 2 aromatic carbocycles. The van der Waals surface area contributed by atoms with Crippen LogP contribution < -0.4 is 0 Å². The van der Waals surface area contributed by atoms with E-state index in [4.69, 9.17) is 8.94 Å². The number of hydrogen-bond acceptors (Lipinski definition) is 9. The topological polar surface area (TPSA) is 129 Å². The molecule has 2 aromatic heterocycles. The average Bonchev–Trinajstić information content (AvgIpc) is 3.50. The Kier molecular flexibility index (Phi) is 6.17. The maximum atomic E-state index is 13.0. The number of benzene rings is 2. The zero-order valence-corrected chi connectivity index (χ0v) is 19.8. The lowest BCUT2D eigenvalue weighted by atomic mass is 10.1. The standard InChI is InChI=1S/C24H22N6O4S/c1-17-22(23(28-34-17)18-7-3-2-4-8-18)24-27-26-21(33-24)16-29-11-13-30(14-12-29)35(31,32)20-10-6-5-9-19(20)15-25/h2-10H,11-14,16H2,1H3. The van der Waals surface area contributed by atoms with Crippen molar-refractivity contribution in [3.8, 4) is 28.8 Å². The highest BCUT2D eigenvalue weighted by atomic mass is 32.2. The molecule has 0 amide bonds. The smallest absolute Gasteiger partial charge is 0.253 e. The van der Waals surface area contributed by atoms with Gasteiger partial charge in [-0.15, -0.1) is 10.2 Å². The molecule has 1 aliphatic rings. The molecule has 0 radical (unpaired) electrons. The number of aryl methyl sites for hydroxylation is 1. The summed E-state index contributed by atoms with van der Waals surface area (Å²) in [5.41, 5.74) is 2.32. The fourth-order valence-electron chi connectivity index (χ4n) is 4.08. The number of sulfonamides is 1. The van der Waals surface area contributed by atoms with Gasteiger partial charge in [-0.05, 0) is 19.1 Å². The van der Waals surface area contributed by atoms with Crippen molar-refractivity contribution in [1.29, 1.82) is 5.26 Å². The normalized spacial score (nSPS) is 15.2. The first-order valence-corrected chi connectivity index (χ1v) is 12.5. The van der Waals surface area contributed by atoms with E-state index >= 15 is 0 Å². The van der Waals surface area contributed by atoms with Crippen molar-refractivity contribution in [2.45, 2.75) is 18.4 Å². The maximum Gasteiger partial charge on any atom is 0.253 e. The molecule has 0 saturated carbocycles. The average molecular weight is 491 g/mol. The summed E-state index contributed by atoms with van der Waals surface area (Å²) >= 11 is 0. The first-order chi connectivity index (χ1) is 17.0. The van der Waals surface area contributed by atoms with Crippen LogP contribution in [0.1, 0.15) is 17.2 Å². The molecule has 0 bridgehead atoms. The number of rotatable bonds is 6. The van der Waals surface area contributed by atoms with E-state index in [9.17, 15) is 13.7 Å². The molecular formula is C24H22N6O4S. The van der Waals surface area contributed by atoms with Crippen molar-refractivity contribution >= 4 is 10.0 Å². The molecule has 1 aliphatic heterocycles. The van der Waals surface area contributed by atoms with Crippen molar-refractivity contribution in [2.75, 3.05) is 26.2 Å². The Morgan fingerprint density at radius 2 is 1.71 bits per heavy atom. The van der Waals surface area contributed by atoms with Crippen LogP contribution in [0.4, 0.5) is 0 Å². The fraction of sp³-hybridized carbons (Fsp3) is 0.250. The summed E-state index contributed by atoms with van der Waals surface area (Å²) in [4.78, 5) is 2.09. The lowest BCUT2D eigenvalue weighted by Crippen LogP contribution is -2.48. The van der Waals surface area contributed by atoms with E-state index in [0.717, 1.165) is 5.56 Å². The van der Waals surface area contributed by atoms with E-state index in [2.05, 4.69) is 20.3 Å². The molecule has 178 valence electrons. The second-order valence-corrected chi connectivity index (χ2v) is 10.0. The quantitative estimate of drug-likeness (QED) is 0.400. The summed E-state index contributed by atoms with van der Waals surface area (Å²) < 4.78 is 38.8. The predicted molar refractivity (Wildman–Crippen MR) is 125 cm³/mol. The van der Waals surface area contributed by atoms with Crippen LogP contribution in [-0.2, 0) is 16.6 Å². The predicted octanol–water partition coefficient (Wildman–Crippen LogP) is 3.08. The van der Waals surface area contributed by atoms with E-state index < -0.39 is 10.0 Å². The second-order valence-electron chi connectivity index (χ2n) is 8.12. The summed E-state index contributed by atoms with van der Waals surface area (Å²) in [6.07, 6.45) is 0. The van der Waals surface area contributed by atoms with E-state index in [1.807, 2.05) is 36.4 Å². The summed E-state index contributed by atoms with van der Waals surface area (Å²) in [5.74, 6) is 1.33. The Balaban J connectivity index is 1.27. The first-order valence-electron chi connectivity index (χ1n) is 11.0. The molecular weight excluding hydrogens is 468 g/mol. The Bertz CT molecular complexity index is 1480. The molecule has 0 aliphatic carbocycles. The van der Waals surface area contributed by atoms with Gasteiger partial charge in [0, 0.05) is 31.7 Å². The van der Waals surface area contributed by atoms with Gasteiger partial charge in [0.1, 0.15) is 23.1 Å². The van der Waals surface area contributed by atoms with Crippen molar-refractivity contribution in [3.05, 3.63) is 71.8 Å². The van der Waals surface area contributed by atoms with Gasteiger partial charge in [-0.3, -0.25) is 4.90 Å². The van der Waals surface area contributed by atoms with Crippen molar-refractivity contribution < 1.29 is 17.4 Å². The second kappa shape index (κ2) is 9.42. The Morgan fingerprint density at radius 3 is 2.46 bits per heavy atom. The van der Waals surface area contributed by atoms with E-state index in [1.165, 1.54) is 16.4 Å². The van der Waals surface area contributed by atoms with Crippen LogP contribution in [0.3, 0.4) is 0 Å². The molecule has 10 nitrogen and oxygen atoms in total. The minimum absolute atomic E-state index is 0.0378. The highest BCUT2D eigenvalue weighted by Gasteiger charge is 2.31. The molecule has 1 fully saturated rings. The van der Waals surface area contributed by atoms with Crippen LogP contribution in [0.25, 0.3) is 22.7 Å². The zero-order chi connectivity index (χ0) is 24.4. The summed E-state index contributed by atoms with van der Waals surface area (Å²) in [6.45, 7) is 3.77. The largest absolute Gasteiger partial charge is 0.419 e. The number of piperazine rings is 1. The van der Waals surface area contributed by atoms with Gasteiger partial charge in [0.2, 0.25) is 15.9 Å². The summed E-state index contributed by atoms with van der Waals surface area (Å²) in [5, 5.41) is 21.8. The van der Waals surface area contributed by atoms with Gasteiger partial charge in [-0.25, -0.2) is 8.42 Å². The van der Waals surface area contributed by atoms with Gasteiger partial charge in [-0.2, -0.15) is 9.57 Å². The van der Waals surface area contributed by atoms with Crippen LogP contribution in [0, 0.1) is 18.3 Å². The zero-order valence-electron chi connectivity index (χ0n) is 19.0. The minimum Gasteiger partial charge on any atom is -0.419 e. The molecule has 4 aromatic rings. The first kappa shape index (κ1) is 22.9. The number of hydrogen-bond donors (Lipinski definition) is 0. The van der Waals surface area contributed by atoms with Crippen LogP contribution in [0.15, 0.2) is 68.4 Å². The van der Waals surface area contributed by atoms with Gasteiger partial charge in [0.25, 0.3) is 5.89 Å². The van der Waals surface area contributed by atoms with Crippen LogP contribution in [0.5, 0.6) is 0 Å². The molecule has 35 heavy (non-hydrogen) atoms. The maximum absolute atomic E-state index is 13.0. The molecule has 3 heterocycles. The van der Waals surface area contributed by atoms with Crippen molar-refractivity contribution in [3.63, 3.8) is 0 Å². The van der Waals surface area contributed by atoms with E-state index in [0.29, 0.717) is 61.5 Å². The summed E-state index contributed by atoms with van der Waals surface area (Å²) in [7, 11) is -3.75. The molecule has 0 atom stereocenters. The third-order valence-electron chi connectivity index (χ3n) is 5.91. The molecule has 0 unspecified atom stereocenters. The van der Waals surface area contributed by atoms with E-state index in [1.54, 1.807) is 19.1 Å². The molecule has 11 heteroatoms. The molecule has 0 spiro atoms. The third-order valence-corrected chi connectivity index (χ3v) is 7.86. The summed E-state index contributed by atoms with van der Waals surface area (Å²) in [6, 6.07) is 17.8. The lowest BCUT2D eigenvalue weighted by molar-refractivity contribution is 0.168. The fourth-order valence-corrected chi connectivity index (χ4v) is 5.64. The van der Waals surface area contributed by atoms with Gasteiger partial charge >= 0.3 is 0 Å². The SMILES string of the molecule is Cc1onc(-c2ccccc2)c1-c1nnc(CN2CCN(S(=O)(=O)c3ccccc3C#N)CC2)o1. The lowest BCUT2D eigenvalue weighted by Gasteiger charge is -2.33. The molecule has 5 rings (SSSR count). The highest BCUT2D eigenvalue weighted by Crippen LogP contribution is 2.33. The minimum atomic E-state index is -3.75. The molecule has 1 saturated heterocycles. The van der Waals surface area contributed by atoms with Crippen LogP contribution in [-0.4, -0.2) is 59.2 Å². The monoisotopic (exact) mass is 490 g/mol.